The van der Waals surface area contributed by atoms with Crippen LogP contribution in [0.2, 0.25) is 0 Å². The summed E-state index contributed by atoms with van der Waals surface area (Å²) in [5.74, 6) is 0.624. The molecule has 1 amide bonds. The van der Waals surface area contributed by atoms with E-state index in [0.29, 0.717) is 12.3 Å². The first-order chi connectivity index (χ1) is 13.6. The molecule has 0 aliphatic carbocycles. The molecule has 3 rings (SSSR count). The van der Waals surface area contributed by atoms with Gasteiger partial charge >= 0.3 is 0 Å². The molecule has 0 atom stereocenters. The van der Waals surface area contributed by atoms with E-state index in [1.807, 2.05) is 54.6 Å². The van der Waals surface area contributed by atoms with Crippen molar-refractivity contribution < 1.29 is 9.53 Å². The molecule has 0 aliphatic heterocycles. The SMILES string of the molecule is CCc1ccc(CN(C)C(=O)COc2ccc(Nc3ccccc3)cc2)cc1. The molecule has 0 fully saturated rings. The van der Waals surface area contributed by atoms with Crippen LogP contribution >= 0.6 is 0 Å². The average Bonchev–Trinajstić information content (AvgIpc) is 2.74. The van der Waals surface area contributed by atoms with Crippen LogP contribution in [0.1, 0.15) is 18.1 Å². The molecule has 4 heteroatoms. The standard InChI is InChI=1S/C24H26N2O2/c1-3-19-9-11-20(12-10-19)17-26(2)24(27)18-28-23-15-13-22(14-16-23)25-21-7-5-4-6-8-21/h4-16,25H,3,17-18H2,1-2H3. The molecule has 0 saturated carbocycles. The Morgan fingerprint density at radius 1 is 0.857 bits per heavy atom. The third-order valence-electron chi connectivity index (χ3n) is 4.56. The number of anilines is 2. The van der Waals surface area contributed by atoms with E-state index in [0.717, 1.165) is 23.4 Å². The number of benzene rings is 3. The molecule has 144 valence electrons. The van der Waals surface area contributed by atoms with Gasteiger partial charge in [-0.3, -0.25) is 4.79 Å². The summed E-state index contributed by atoms with van der Waals surface area (Å²) in [6, 6.07) is 25.9. The number of nitrogens with one attached hydrogen (secondary N) is 1. The smallest absolute Gasteiger partial charge is 0.260 e. The number of hydrogen-bond acceptors (Lipinski definition) is 3. The van der Waals surface area contributed by atoms with Crippen molar-refractivity contribution in [2.24, 2.45) is 0 Å². The molecule has 0 aromatic heterocycles. The highest BCUT2D eigenvalue weighted by Gasteiger charge is 2.10. The van der Waals surface area contributed by atoms with Crippen molar-refractivity contribution in [2.45, 2.75) is 19.9 Å². The Labute approximate surface area is 166 Å². The highest BCUT2D eigenvalue weighted by molar-refractivity contribution is 5.77. The minimum Gasteiger partial charge on any atom is -0.484 e. The van der Waals surface area contributed by atoms with Gasteiger partial charge in [-0.2, -0.15) is 0 Å². The van der Waals surface area contributed by atoms with Crippen LogP contribution in [0.15, 0.2) is 78.9 Å². The molecule has 28 heavy (non-hydrogen) atoms. The zero-order valence-electron chi connectivity index (χ0n) is 16.4. The molecule has 0 saturated heterocycles. The number of likely N-dealkylation sites (N-methyl/N-ethyl adjacent to an activating group) is 1. The van der Waals surface area contributed by atoms with Crippen molar-refractivity contribution in [3.63, 3.8) is 0 Å². The number of hydrogen-bond donors (Lipinski definition) is 1. The Morgan fingerprint density at radius 3 is 2.11 bits per heavy atom. The molecule has 0 heterocycles. The van der Waals surface area contributed by atoms with E-state index in [4.69, 9.17) is 4.74 Å². The van der Waals surface area contributed by atoms with E-state index in [9.17, 15) is 4.79 Å². The second-order valence-electron chi connectivity index (χ2n) is 6.72. The maximum atomic E-state index is 12.3. The Morgan fingerprint density at radius 2 is 1.46 bits per heavy atom. The third kappa shape index (κ3) is 5.61. The highest BCUT2D eigenvalue weighted by Crippen LogP contribution is 2.20. The Balaban J connectivity index is 1.48. The number of carbonyl (C=O) groups excluding carboxylic acids is 1. The molecule has 0 aliphatic rings. The van der Waals surface area contributed by atoms with Crippen LogP contribution in [0.25, 0.3) is 0 Å². The van der Waals surface area contributed by atoms with Crippen molar-refractivity contribution in [2.75, 3.05) is 19.0 Å². The molecule has 3 aromatic rings. The molecule has 0 bridgehead atoms. The van der Waals surface area contributed by atoms with E-state index >= 15 is 0 Å². The van der Waals surface area contributed by atoms with Gasteiger partial charge in [0.25, 0.3) is 5.91 Å². The predicted molar refractivity (Wildman–Crippen MR) is 114 cm³/mol. The van der Waals surface area contributed by atoms with Gasteiger partial charge in [0.05, 0.1) is 0 Å². The zero-order chi connectivity index (χ0) is 19.8. The minimum atomic E-state index is -0.0499. The van der Waals surface area contributed by atoms with Crippen molar-refractivity contribution in [3.8, 4) is 5.75 Å². The molecule has 0 radical (unpaired) electrons. The number of rotatable bonds is 8. The molecule has 3 aromatic carbocycles. The summed E-state index contributed by atoms with van der Waals surface area (Å²) >= 11 is 0. The van der Waals surface area contributed by atoms with Crippen LogP contribution in [0.4, 0.5) is 11.4 Å². The van der Waals surface area contributed by atoms with Crippen LogP contribution in [0.5, 0.6) is 5.75 Å². The lowest BCUT2D eigenvalue weighted by Crippen LogP contribution is -2.30. The van der Waals surface area contributed by atoms with E-state index in [1.54, 1.807) is 11.9 Å². The first-order valence-corrected chi connectivity index (χ1v) is 9.51. The summed E-state index contributed by atoms with van der Waals surface area (Å²) in [4.78, 5) is 14.0. The topological polar surface area (TPSA) is 41.6 Å². The third-order valence-corrected chi connectivity index (χ3v) is 4.56. The van der Waals surface area contributed by atoms with Gasteiger partial charge in [0.1, 0.15) is 5.75 Å². The van der Waals surface area contributed by atoms with Gasteiger partial charge < -0.3 is 15.0 Å². The number of ether oxygens (including phenoxy) is 1. The summed E-state index contributed by atoms with van der Waals surface area (Å²) in [5.41, 5.74) is 4.41. The Hall–Kier alpha value is -3.27. The lowest BCUT2D eigenvalue weighted by Gasteiger charge is -2.18. The maximum Gasteiger partial charge on any atom is 0.260 e. The van der Waals surface area contributed by atoms with E-state index in [-0.39, 0.29) is 12.5 Å². The fraction of sp³-hybridized carbons (Fsp3) is 0.208. The second kappa shape index (κ2) is 9.60. The van der Waals surface area contributed by atoms with E-state index in [1.165, 1.54) is 5.56 Å². The van der Waals surface area contributed by atoms with Crippen LogP contribution in [0, 0.1) is 0 Å². The molecule has 0 spiro atoms. The minimum absolute atomic E-state index is 0.0228. The fourth-order valence-electron chi connectivity index (χ4n) is 2.82. The van der Waals surface area contributed by atoms with Crippen LogP contribution < -0.4 is 10.1 Å². The van der Waals surface area contributed by atoms with Crippen LogP contribution in [0.3, 0.4) is 0 Å². The van der Waals surface area contributed by atoms with Gasteiger partial charge in [-0.1, -0.05) is 49.4 Å². The van der Waals surface area contributed by atoms with Crippen molar-refractivity contribution in [1.82, 2.24) is 4.90 Å². The lowest BCUT2D eigenvalue weighted by molar-refractivity contribution is -0.132. The summed E-state index contributed by atoms with van der Waals surface area (Å²) in [7, 11) is 1.80. The second-order valence-corrected chi connectivity index (χ2v) is 6.72. The Bertz CT molecular complexity index is 875. The fourth-order valence-corrected chi connectivity index (χ4v) is 2.82. The molecular formula is C24H26N2O2. The summed E-state index contributed by atoms with van der Waals surface area (Å²) in [5, 5.41) is 3.32. The number of aryl methyl sites for hydroxylation is 1. The molecular weight excluding hydrogens is 348 g/mol. The normalized spacial score (nSPS) is 10.4. The van der Waals surface area contributed by atoms with Crippen LogP contribution in [-0.2, 0) is 17.8 Å². The van der Waals surface area contributed by atoms with Gasteiger partial charge in [-0.15, -0.1) is 0 Å². The van der Waals surface area contributed by atoms with Gasteiger partial charge in [0.2, 0.25) is 0 Å². The number of carbonyl (C=O) groups is 1. The van der Waals surface area contributed by atoms with Gasteiger partial charge in [-0.05, 0) is 53.9 Å². The molecule has 1 N–H and O–H groups in total. The Kier molecular flexibility index (Phi) is 6.68. The monoisotopic (exact) mass is 374 g/mol. The zero-order valence-corrected chi connectivity index (χ0v) is 16.4. The largest absolute Gasteiger partial charge is 0.484 e. The van der Waals surface area contributed by atoms with Crippen molar-refractivity contribution in [3.05, 3.63) is 90.0 Å². The van der Waals surface area contributed by atoms with Crippen molar-refractivity contribution in [1.29, 1.82) is 0 Å². The summed E-state index contributed by atoms with van der Waals surface area (Å²) in [6.07, 6.45) is 1.02. The maximum absolute atomic E-state index is 12.3. The number of amides is 1. The van der Waals surface area contributed by atoms with Crippen molar-refractivity contribution >= 4 is 17.3 Å². The average molecular weight is 374 g/mol. The number of nitrogens with zero attached hydrogens (tertiary/aromatic N) is 1. The lowest BCUT2D eigenvalue weighted by atomic mass is 10.1. The van der Waals surface area contributed by atoms with Gasteiger partial charge in [0, 0.05) is 25.0 Å². The molecule has 0 unspecified atom stereocenters. The quantitative estimate of drug-likeness (QED) is 0.601. The van der Waals surface area contributed by atoms with E-state index in [2.05, 4.69) is 36.5 Å². The first-order valence-electron chi connectivity index (χ1n) is 9.51. The summed E-state index contributed by atoms with van der Waals surface area (Å²) in [6.45, 7) is 2.73. The first kappa shape index (κ1) is 19.5. The van der Waals surface area contributed by atoms with E-state index < -0.39 is 0 Å². The summed E-state index contributed by atoms with van der Waals surface area (Å²) < 4.78 is 5.65. The molecule has 4 nitrogen and oxygen atoms in total. The highest BCUT2D eigenvalue weighted by atomic mass is 16.5. The van der Waals surface area contributed by atoms with Gasteiger partial charge in [0.15, 0.2) is 6.61 Å². The van der Waals surface area contributed by atoms with Crippen LogP contribution in [-0.4, -0.2) is 24.5 Å². The predicted octanol–water partition coefficient (Wildman–Crippen LogP) is 5.03. The van der Waals surface area contributed by atoms with Gasteiger partial charge in [-0.25, -0.2) is 0 Å². The number of para-hydroxylation sites is 1.